The molecule has 1 amide bonds. The van der Waals surface area contributed by atoms with Gasteiger partial charge in [0.15, 0.2) is 0 Å². The molecule has 1 aliphatic heterocycles. The zero-order valence-electron chi connectivity index (χ0n) is 26.1. The zero-order valence-corrected chi connectivity index (χ0v) is 26.1. The van der Waals surface area contributed by atoms with E-state index in [0.717, 1.165) is 44.8 Å². The maximum Gasteiger partial charge on any atom is 0.255 e. The molecule has 3 aromatic heterocycles. The fraction of sp³-hybridized carbons (Fsp3) is 0.189. The lowest BCUT2D eigenvalue weighted by atomic mass is 10.0. The number of aromatic hydroxyl groups is 1. The number of phenolic OH excluding ortho intramolecular Hbond substituents is 1. The van der Waals surface area contributed by atoms with E-state index in [1.54, 1.807) is 43.6 Å². The van der Waals surface area contributed by atoms with Gasteiger partial charge in [-0.2, -0.15) is 0 Å². The van der Waals surface area contributed by atoms with Crippen molar-refractivity contribution >= 4 is 28.3 Å². The van der Waals surface area contributed by atoms with Crippen LogP contribution in [0.25, 0.3) is 33.5 Å². The van der Waals surface area contributed by atoms with E-state index in [1.807, 2.05) is 42.7 Å². The molecule has 0 bridgehead atoms. The lowest BCUT2D eigenvalue weighted by Gasteiger charge is -2.36. The Hall–Kier alpha value is -5.74. The number of H-pyrrole nitrogens is 1. The minimum absolute atomic E-state index is 0.0582. The number of fused-ring (bicyclic) bond motifs is 1. The summed E-state index contributed by atoms with van der Waals surface area (Å²) in [5, 5.41) is 14.2. The van der Waals surface area contributed by atoms with Crippen LogP contribution >= 0.6 is 0 Å². The highest BCUT2D eigenvalue weighted by Crippen LogP contribution is 2.40. The van der Waals surface area contributed by atoms with E-state index in [0.29, 0.717) is 45.0 Å². The van der Waals surface area contributed by atoms with E-state index in [9.17, 15) is 9.90 Å². The summed E-state index contributed by atoms with van der Waals surface area (Å²) in [6.45, 7) is 5.09. The molecule has 10 nitrogen and oxygen atoms in total. The predicted molar refractivity (Wildman–Crippen MR) is 184 cm³/mol. The minimum Gasteiger partial charge on any atom is -0.507 e. The summed E-state index contributed by atoms with van der Waals surface area (Å²) in [5.74, 6) is 0.756. The minimum atomic E-state index is -0.212. The summed E-state index contributed by atoms with van der Waals surface area (Å²) >= 11 is 0. The van der Waals surface area contributed by atoms with Gasteiger partial charge in [0.1, 0.15) is 11.6 Å². The van der Waals surface area contributed by atoms with Crippen LogP contribution in [-0.2, 0) is 6.42 Å². The molecule has 0 spiro atoms. The van der Waals surface area contributed by atoms with Crippen LogP contribution in [0.1, 0.15) is 15.9 Å². The molecule has 236 valence electrons. The first-order chi connectivity index (χ1) is 23.1. The molecule has 0 saturated carbocycles. The number of pyridine rings is 2. The summed E-state index contributed by atoms with van der Waals surface area (Å²) in [5.41, 5.74) is 6.87. The van der Waals surface area contributed by atoms with Crippen molar-refractivity contribution in [2.45, 2.75) is 6.42 Å². The van der Waals surface area contributed by atoms with Crippen LogP contribution in [0.3, 0.4) is 0 Å². The first-order valence-electron chi connectivity index (χ1n) is 15.6. The number of imidazole rings is 1. The number of hydrogen-bond acceptors (Lipinski definition) is 8. The smallest absolute Gasteiger partial charge is 0.255 e. The number of methoxy groups -OCH3 is 1. The largest absolute Gasteiger partial charge is 0.507 e. The summed E-state index contributed by atoms with van der Waals surface area (Å²) in [7, 11) is 1.55. The standard InChI is InChI=1S/C37H35N7O3/c1-47-37-30(6-3-16-39-37)29-4-2-5-31(34(29)45)35-41-32-12-9-26(24-33(32)42-35)36(46)40-27-10-7-25(8-11-27)15-19-43-20-22-44(23-21-43)28-13-17-38-18-14-28/h2-14,16-18,24,45H,15,19-23H2,1H3,(H,40,46)(H,41,42). The molecule has 47 heavy (non-hydrogen) atoms. The average Bonchev–Trinajstić information content (AvgIpc) is 3.55. The number of amides is 1. The fourth-order valence-electron chi connectivity index (χ4n) is 6.02. The SMILES string of the molecule is COc1ncccc1-c1cccc(-c2nc3ccc(C(=O)Nc4ccc(CCN5CCN(c6ccncc6)CC5)cc4)cc3[nH]2)c1O. The lowest BCUT2D eigenvalue weighted by Crippen LogP contribution is -2.47. The average molecular weight is 626 g/mol. The maximum atomic E-state index is 13.2. The van der Waals surface area contributed by atoms with Gasteiger partial charge in [-0.1, -0.05) is 24.3 Å². The van der Waals surface area contributed by atoms with Crippen molar-refractivity contribution < 1.29 is 14.6 Å². The number of nitrogens with zero attached hydrogens (tertiary/aromatic N) is 5. The van der Waals surface area contributed by atoms with Crippen molar-refractivity contribution in [3.8, 4) is 34.1 Å². The first-order valence-corrected chi connectivity index (χ1v) is 15.6. The van der Waals surface area contributed by atoms with Crippen molar-refractivity contribution in [3.05, 3.63) is 115 Å². The second kappa shape index (κ2) is 13.3. The van der Waals surface area contributed by atoms with Crippen LogP contribution < -0.4 is 15.0 Å². The van der Waals surface area contributed by atoms with Gasteiger partial charge in [-0.25, -0.2) is 9.97 Å². The van der Waals surface area contributed by atoms with Crippen LogP contribution in [0.5, 0.6) is 11.6 Å². The quantitative estimate of drug-likeness (QED) is 0.179. The molecule has 1 fully saturated rings. The highest BCUT2D eigenvalue weighted by Gasteiger charge is 2.19. The number of rotatable bonds is 9. The van der Waals surface area contributed by atoms with Crippen LogP contribution in [0, 0.1) is 0 Å². The highest BCUT2D eigenvalue weighted by atomic mass is 16.5. The number of carbonyl (C=O) groups excluding carboxylic acids is 1. The Balaban J connectivity index is 0.978. The van der Waals surface area contributed by atoms with Crippen molar-refractivity contribution in [2.24, 2.45) is 0 Å². The third-order valence-electron chi connectivity index (χ3n) is 8.62. The second-order valence-corrected chi connectivity index (χ2v) is 11.5. The van der Waals surface area contributed by atoms with Gasteiger partial charge < -0.3 is 25.0 Å². The number of carbonyl (C=O) groups is 1. The number of anilines is 2. The maximum absolute atomic E-state index is 13.2. The van der Waals surface area contributed by atoms with Crippen molar-refractivity contribution in [1.82, 2.24) is 24.8 Å². The summed E-state index contributed by atoms with van der Waals surface area (Å²) in [6.07, 6.45) is 6.29. The van der Waals surface area contributed by atoms with Gasteiger partial charge in [-0.15, -0.1) is 0 Å². The van der Waals surface area contributed by atoms with Crippen molar-refractivity contribution in [2.75, 3.05) is 50.1 Å². The molecule has 0 radical (unpaired) electrons. The van der Waals surface area contributed by atoms with Crippen LogP contribution in [0.15, 0.2) is 104 Å². The monoisotopic (exact) mass is 625 g/mol. The predicted octanol–water partition coefficient (Wildman–Crippen LogP) is 6.02. The molecular formula is C37H35N7O3. The first kappa shape index (κ1) is 29.9. The third kappa shape index (κ3) is 6.49. The van der Waals surface area contributed by atoms with E-state index in [1.165, 1.54) is 11.3 Å². The number of nitrogens with one attached hydrogen (secondary N) is 2. The number of piperazine rings is 1. The van der Waals surface area contributed by atoms with Gasteiger partial charge in [-0.3, -0.25) is 14.7 Å². The molecule has 3 aromatic carbocycles. The number of aromatic amines is 1. The Kier molecular flexibility index (Phi) is 8.48. The Morgan fingerprint density at radius 3 is 2.45 bits per heavy atom. The Morgan fingerprint density at radius 1 is 0.894 bits per heavy atom. The van der Waals surface area contributed by atoms with Crippen molar-refractivity contribution in [3.63, 3.8) is 0 Å². The van der Waals surface area contributed by atoms with E-state index < -0.39 is 0 Å². The number of aromatic nitrogens is 4. The highest BCUT2D eigenvalue weighted by molar-refractivity contribution is 6.06. The Labute approximate surface area is 272 Å². The molecule has 7 rings (SSSR count). The number of ether oxygens (including phenoxy) is 1. The van der Waals surface area contributed by atoms with Crippen LogP contribution in [-0.4, -0.2) is 75.7 Å². The van der Waals surface area contributed by atoms with Gasteiger partial charge in [0.25, 0.3) is 5.91 Å². The van der Waals surface area contributed by atoms with Crippen LogP contribution in [0.2, 0.25) is 0 Å². The Bertz CT molecular complexity index is 2000. The lowest BCUT2D eigenvalue weighted by molar-refractivity contribution is 0.102. The number of benzene rings is 3. The van der Waals surface area contributed by atoms with E-state index in [-0.39, 0.29) is 11.7 Å². The number of phenols is 1. The van der Waals surface area contributed by atoms with E-state index in [4.69, 9.17) is 4.74 Å². The molecule has 0 aliphatic carbocycles. The zero-order chi connectivity index (χ0) is 32.2. The van der Waals surface area contributed by atoms with Gasteiger partial charge in [0.05, 0.1) is 23.7 Å². The summed E-state index contributed by atoms with van der Waals surface area (Å²) in [4.78, 5) is 34.4. The molecular weight excluding hydrogens is 590 g/mol. The van der Waals surface area contributed by atoms with Gasteiger partial charge in [0, 0.05) is 79.4 Å². The molecule has 1 saturated heterocycles. The number of para-hydroxylation sites is 1. The van der Waals surface area contributed by atoms with E-state index in [2.05, 4.69) is 59.3 Å². The molecule has 10 heteroatoms. The number of hydrogen-bond donors (Lipinski definition) is 3. The molecule has 0 unspecified atom stereocenters. The molecule has 3 N–H and O–H groups in total. The Morgan fingerprint density at radius 2 is 1.66 bits per heavy atom. The molecule has 4 heterocycles. The third-order valence-corrected chi connectivity index (χ3v) is 8.62. The van der Waals surface area contributed by atoms with Gasteiger partial charge in [0.2, 0.25) is 5.88 Å². The molecule has 0 atom stereocenters. The van der Waals surface area contributed by atoms with E-state index >= 15 is 0 Å². The fourth-order valence-corrected chi connectivity index (χ4v) is 6.02. The van der Waals surface area contributed by atoms with Gasteiger partial charge >= 0.3 is 0 Å². The normalized spacial score (nSPS) is 13.5. The van der Waals surface area contributed by atoms with Crippen LogP contribution in [0.4, 0.5) is 11.4 Å². The molecule has 6 aromatic rings. The summed E-state index contributed by atoms with van der Waals surface area (Å²) < 4.78 is 5.39. The summed E-state index contributed by atoms with van der Waals surface area (Å²) in [6, 6.07) is 26.6. The van der Waals surface area contributed by atoms with Crippen molar-refractivity contribution in [1.29, 1.82) is 0 Å². The topological polar surface area (TPSA) is 119 Å². The molecule has 1 aliphatic rings. The second-order valence-electron chi connectivity index (χ2n) is 11.5. The van der Waals surface area contributed by atoms with Gasteiger partial charge in [-0.05, 0) is 72.6 Å².